The zero-order chi connectivity index (χ0) is 17.9. The Kier molecular flexibility index (Phi) is 5.68. The van der Waals surface area contributed by atoms with Crippen molar-refractivity contribution in [1.29, 1.82) is 0 Å². The molecule has 128 valence electrons. The minimum Gasteiger partial charge on any atom is -0.355 e. The van der Waals surface area contributed by atoms with Gasteiger partial charge in [-0.1, -0.05) is 11.6 Å². The molecule has 0 aromatic carbocycles. The van der Waals surface area contributed by atoms with Crippen molar-refractivity contribution < 1.29 is 18.4 Å². The van der Waals surface area contributed by atoms with E-state index in [4.69, 9.17) is 11.6 Å². The fraction of sp³-hybridized carbons (Fsp3) is 0.214. The van der Waals surface area contributed by atoms with Crippen LogP contribution < -0.4 is 16.2 Å². The van der Waals surface area contributed by atoms with Gasteiger partial charge in [0.05, 0.1) is 22.7 Å². The van der Waals surface area contributed by atoms with Crippen LogP contribution in [0.1, 0.15) is 20.0 Å². The second kappa shape index (κ2) is 7.54. The van der Waals surface area contributed by atoms with Crippen molar-refractivity contribution in [2.45, 2.75) is 6.54 Å². The van der Waals surface area contributed by atoms with Crippen molar-refractivity contribution in [3.8, 4) is 0 Å². The van der Waals surface area contributed by atoms with E-state index in [1.807, 2.05) is 0 Å². The number of carbonyl (C=O) groups excluding carboxylic acids is 2. The first-order valence-electron chi connectivity index (χ1n) is 6.66. The molecule has 2 aromatic heterocycles. The Bertz CT molecular complexity index is 850. The number of anilines is 1. The molecule has 0 radical (unpaired) electrons. The van der Waals surface area contributed by atoms with Gasteiger partial charge >= 0.3 is 0 Å². The highest BCUT2D eigenvalue weighted by Crippen LogP contribution is 2.28. The van der Waals surface area contributed by atoms with Crippen LogP contribution >= 0.6 is 22.9 Å². The van der Waals surface area contributed by atoms with Gasteiger partial charge in [0.2, 0.25) is 0 Å². The summed E-state index contributed by atoms with van der Waals surface area (Å²) >= 11 is 6.79. The van der Waals surface area contributed by atoms with Crippen LogP contribution in [0.4, 0.5) is 14.5 Å². The fourth-order valence-corrected chi connectivity index (χ4v) is 3.05. The summed E-state index contributed by atoms with van der Waals surface area (Å²) in [6.07, 6.45) is 1.14. The number of aromatic nitrogens is 1. The van der Waals surface area contributed by atoms with Crippen molar-refractivity contribution >= 4 is 40.4 Å². The number of thiophene rings is 1. The number of hydrogen-bond acceptors (Lipinski definition) is 4. The Morgan fingerprint density at radius 2 is 2.04 bits per heavy atom. The van der Waals surface area contributed by atoms with Crippen molar-refractivity contribution in [1.82, 2.24) is 9.88 Å². The molecule has 0 aliphatic heterocycles. The molecule has 0 fully saturated rings. The maximum absolute atomic E-state index is 13.6. The summed E-state index contributed by atoms with van der Waals surface area (Å²) in [6.45, 7) is -1.18. The van der Waals surface area contributed by atoms with Gasteiger partial charge in [0.25, 0.3) is 17.4 Å². The number of rotatable bonds is 5. The molecule has 10 heteroatoms. The van der Waals surface area contributed by atoms with E-state index >= 15 is 0 Å². The molecule has 0 aliphatic rings. The molecule has 6 nitrogen and oxygen atoms in total. The smallest absolute Gasteiger partial charge is 0.286 e. The summed E-state index contributed by atoms with van der Waals surface area (Å²) < 4.78 is 26.9. The SMILES string of the molecule is CNC(=O)c1cc(C(=O)Nc2cc(F)c(=O)n(CCF)c2)sc1Cl. The minimum absolute atomic E-state index is 0.0171. The molecule has 0 aliphatic carbocycles. The Hall–Kier alpha value is -2.26. The summed E-state index contributed by atoms with van der Waals surface area (Å²) in [7, 11) is 1.42. The van der Waals surface area contributed by atoms with Crippen LogP contribution in [0.15, 0.2) is 23.1 Å². The third-order valence-corrected chi connectivity index (χ3v) is 4.37. The molecule has 0 atom stereocenters. The fourth-order valence-electron chi connectivity index (χ4n) is 1.89. The third kappa shape index (κ3) is 3.80. The largest absolute Gasteiger partial charge is 0.355 e. The second-order valence-corrected chi connectivity index (χ2v) is 6.25. The highest BCUT2D eigenvalue weighted by Gasteiger charge is 2.18. The minimum atomic E-state index is -1.11. The van der Waals surface area contributed by atoms with Gasteiger partial charge in [0.15, 0.2) is 5.82 Å². The quantitative estimate of drug-likeness (QED) is 0.841. The molecule has 0 saturated heterocycles. The van der Waals surface area contributed by atoms with Gasteiger partial charge in [-0.3, -0.25) is 14.4 Å². The van der Waals surface area contributed by atoms with E-state index in [1.165, 1.54) is 13.1 Å². The van der Waals surface area contributed by atoms with Crippen molar-refractivity contribution in [2.75, 3.05) is 19.0 Å². The van der Waals surface area contributed by atoms with Crippen LogP contribution in [0.3, 0.4) is 0 Å². The molecule has 0 bridgehead atoms. The Balaban J connectivity index is 2.27. The lowest BCUT2D eigenvalue weighted by Crippen LogP contribution is -2.24. The highest BCUT2D eigenvalue weighted by molar-refractivity contribution is 7.18. The summed E-state index contributed by atoms with van der Waals surface area (Å²) in [4.78, 5) is 35.4. The first kappa shape index (κ1) is 18.1. The lowest BCUT2D eigenvalue weighted by Gasteiger charge is -2.08. The maximum atomic E-state index is 13.6. The summed E-state index contributed by atoms with van der Waals surface area (Å²) in [5.74, 6) is -2.20. The van der Waals surface area contributed by atoms with E-state index in [1.54, 1.807) is 0 Å². The number of amides is 2. The summed E-state index contributed by atoms with van der Waals surface area (Å²) in [5, 5.41) is 4.77. The highest BCUT2D eigenvalue weighted by atomic mass is 35.5. The molecule has 0 unspecified atom stereocenters. The van der Waals surface area contributed by atoms with E-state index in [9.17, 15) is 23.2 Å². The van der Waals surface area contributed by atoms with Crippen LogP contribution in [0, 0.1) is 5.82 Å². The van der Waals surface area contributed by atoms with Gasteiger partial charge in [-0.2, -0.15) is 0 Å². The van der Waals surface area contributed by atoms with E-state index in [-0.39, 0.29) is 27.0 Å². The van der Waals surface area contributed by atoms with Crippen molar-refractivity contribution in [2.24, 2.45) is 0 Å². The molecule has 24 heavy (non-hydrogen) atoms. The third-order valence-electron chi connectivity index (χ3n) is 3.01. The van der Waals surface area contributed by atoms with Gasteiger partial charge in [-0.15, -0.1) is 11.3 Å². The lowest BCUT2D eigenvalue weighted by atomic mass is 10.3. The van der Waals surface area contributed by atoms with Gasteiger partial charge in [0, 0.05) is 19.3 Å². The average molecular weight is 376 g/mol. The Labute approximate surface area is 144 Å². The predicted octanol–water partition coefficient (Wildman–Crippen LogP) is 2.28. The predicted molar refractivity (Wildman–Crippen MR) is 87.3 cm³/mol. The molecule has 2 amide bonds. The normalized spacial score (nSPS) is 10.5. The lowest BCUT2D eigenvalue weighted by molar-refractivity contribution is 0.0963. The topological polar surface area (TPSA) is 80.2 Å². The van der Waals surface area contributed by atoms with Crippen LogP contribution in [0.2, 0.25) is 4.34 Å². The average Bonchev–Trinajstić information content (AvgIpc) is 2.93. The first-order valence-corrected chi connectivity index (χ1v) is 7.85. The van der Waals surface area contributed by atoms with E-state index < -0.39 is 29.9 Å². The van der Waals surface area contributed by atoms with E-state index in [0.29, 0.717) is 0 Å². The number of alkyl halides is 1. The number of carbonyl (C=O) groups is 2. The van der Waals surface area contributed by atoms with E-state index in [0.717, 1.165) is 28.2 Å². The van der Waals surface area contributed by atoms with Gasteiger partial charge in [-0.25, -0.2) is 8.78 Å². The Morgan fingerprint density at radius 3 is 2.67 bits per heavy atom. The zero-order valence-corrected chi connectivity index (χ0v) is 13.9. The molecule has 2 aromatic rings. The van der Waals surface area contributed by atoms with Crippen LogP contribution in [0.5, 0.6) is 0 Å². The van der Waals surface area contributed by atoms with Gasteiger partial charge in [-0.05, 0) is 6.07 Å². The van der Waals surface area contributed by atoms with Crippen LogP contribution in [0.25, 0.3) is 0 Å². The number of hydrogen-bond donors (Lipinski definition) is 2. The zero-order valence-electron chi connectivity index (χ0n) is 12.4. The first-order chi connectivity index (χ1) is 11.4. The van der Waals surface area contributed by atoms with E-state index in [2.05, 4.69) is 10.6 Å². The van der Waals surface area contributed by atoms with Crippen molar-refractivity contribution in [3.05, 3.63) is 49.3 Å². The Morgan fingerprint density at radius 1 is 1.33 bits per heavy atom. The number of aryl methyl sites for hydroxylation is 1. The van der Waals surface area contributed by atoms with Crippen LogP contribution in [-0.4, -0.2) is 30.1 Å². The molecule has 2 rings (SSSR count). The number of pyridine rings is 1. The second-order valence-electron chi connectivity index (χ2n) is 4.60. The molecule has 2 N–H and O–H groups in total. The molecule has 0 spiro atoms. The molecule has 2 heterocycles. The standard InChI is InChI=1S/C14H12ClF2N3O3S/c1-18-12(21)8-5-10(24-11(8)15)13(22)19-7-4-9(17)14(23)20(6-7)3-2-16/h4-6H,2-3H2,1H3,(H,18,21)(H,19,22). The monoisotopic (exact) mass is 375 g/mol. The van der Waals surface area contributed by atoms with Crippen molar-refractivity contribution in [3.63, 3.8) is 0 Å². The summed E-state index contributed by atoms with van der Waals surface area (Å²) in [6, 6.07) is 2.14. The molecular weight excluding hydrogens is 364 g/mol. The van der Waals surface area contributed by atoms with Gasteiger partial charge < -0.3 is 15.2 Å². The number of nitrogens with one attached hydrogen (secondary N) is 2. The number of nitrogens with zero attached hydrogens (tertiary/aromatic N) is 1. The molecule has 0 saturated carbocycles. The van der Waals surface area contributed by atoms with Crippen LogP contribution in [-0.2, 0) is 6.54 Å². The maximum Gasteiger partial charge on any atom is 0.286 e. The van der Waals surface area contributed by atoms with Gasteiger partial charge in [0.1, 0.15) is 11.0 Å². The summed E-state index contributed by atoms with van der Waals surface area (Å²) in [5.41, 5.74) is -0.855. The molecular formula is C14H12ClF2N3O3S. The number of halogens is 3.